The zero-order valence-corrected chi connectivity index (χ0v) is 18.4. The SMILES string of the molecule is CC(C)(Cc1ccc(C(N)=O)cc1)NCC(O)COc1cccc2[nH]c3ccccc3c12. The van der Waals surface area contributed by atoms with Gasteiger partial charge >= 0.3 is 0 Å². The van der Waals surface area contributed by atoms with E-state index in [0.717, 1.165) is 39.5 Å². The number of rotatable bonds is 9. The predicted octanol–water partition coefficient (Wildman–Crippen LogP) is 3.77. The zero-order valence-electron chi connectivity index (χ0n) is 18.4. The van der Waals surface area contributed by atoms with Crippen molar-refractivity contribution in [2.24, 2.45) is 5.73 Å². The van der Waals surface area contributed by atoms with Gasteiger partial charge in [-0.05, 0) is 56.2 Å². The fraction of sp³-hybridized carbons (Fsp3) is 0.269. The van der Waals surface area contributed by atoms with E-state index in [1.807, 2.05) is 48.5 Å². The molecule has 6 nitrogen and oxygen atoms in total. The molecular formula is C26H29N3O3. The number of benzene rings is 3. The first-order valence-electron chi connectivity index (χ1n) is 10.8. The molecule has 1 aromatic heterocycles. The number of β-amino-alcohol motifs (C(OH)–C–C–N with tert-alkyl or cyclic N) is 1. The first-order chi connectivity index (χ1) is 15.3. The molecule has 4 aromatic rings. The van der Waals surface area contributed by atoms with Gasteiger partial charge in [-0.1, -0.05) is 36.4 Å². The Kier molecular flexibility index (Phi) is 6.17. The van der Waals surface area contributed by atoms with Crippen LogP contribution in [0, 0.1) is 0 Å². The molecule has 0 aliphatic carbocycles. The average molecular weight is 432 g/mol. The van der Waals surface area contributed by atoms with Crippen LogP contribution >= 0.6 is 0 Å². The van der Waals surface area contributed by atoms with Gasteiger partial charge in [0.15, 0.2) is 0 Å². The minimum Gasteiger partial charge on any atom is -0.490 e. The Bertz CT molecular complexity index is 1230. The van der Waals surface area contributed by atoms with Crippen LogP contribution in [0.3, 0.4) is 0 Å². The summed E-state index contributed by atoms with van der Waals surface area (Å²) in [6.45, 7) is 4.75. The molecule has 1 atom stereocenters. The normalized spacial score (nSPS) is 12.8. The Balaban J connectivity index is 1.35. The minimum atomic E-state index is -0.660. The molecule has 5 N–H and O–H groups in total. The number of carbonyl (C=O) groups excluding carboxylic acids is 1. The number of primary amides is 1. The summed E-state index contributed by atoms with van der Waals surface area (Å²) < 4.78 is 6.01. The number of amides is 1. The second-order valence-electron chi connectivity index (χ2n) is 8.82. The average Bonchev–Trinajstić information content (AvgIpc) is 3.16. The van der Waals surface area contributed by atoms with Crippen LogP contribution in [0.4, 0.5) is 0 Å². The molecule has 0 radical (unpaired) electrons. The molecule has 1 amide bonds. The summed E-state index contributed by atoms with van der Waals surface area (Å²) in [7, 11) is 0. The predicted molar refractivity (Wildman–Crippen MR) is 128 cm³/mol. The number of hydrogen-bond acceptors (Lipinski definition) is 4. The van der Waals surface area contributed by atoms with Gasteiger partial charge in [-0.2, -0.15) is 0 Å². The molecule has 0 bridgehead atoms. The van der Waals surface area contributed by atoms with Crippen LogP contribution in [0.25, 0.3) is 21.8 Å². The molecule has 0 spiro atoms. The molecule has 32 heavy (non-hydrogen) atoms. The van der Waals surface area contributed by atoms with Crippen molar-refractivity contribution >= 4 is 27.7 Å². The number of ether oxygens (including phenoxy) is 1. The maximum absolute atomic E-state index is 11.2. The van der Waals surface area contributed by atoms with Crippen molar-refractivity contribution in [2.75, 3.05) is 13.2 Å². The quantitative estimate of drug-likeness (QED) is 0.324. The number of fused-ring (bicyclic) bond motifs is 3. The van der Waals surface area contributed by atoms with Crippen LogP contribution in [-0.4, -0.2) is 40.8 Å². The number of para-hydroxylation sites is 1. The molecule has 3 aromatic carbocycles. The summed E-state index contributed by atoms with van der Waals surface area (Å²) in [6.07, 6.45) is 0.0841. The number of aromatic amines is 1. The third-order valence-electron chi connectivity index (χ3n) is 5.62. The Morgan fingerprint density at radius 1 is 1.06 bits per heavy atom. The van der Waals surface area contributed by atoms with Gasteiger partial charge in [-0.15, -0.1) is 0 Å². The number of H-pyrrole nitrogens is 1. The van der Waals surface area contributed by atoms with Gasteiger partial charge in [-0.25, -0.2) is 0 Å². The lowest BCUT2D eigenvalue weighted by Crippen LogP contribution is -2.46. The van der Waals surface area contributed by atoms with Crippen LogP contribution in [0.2, 0.25) is 0 Å². The first-order valence-corrected chi connectivity index (χ1v) is 10.8. The summed E-state index contributed by atoms with van der Waals surface area (Å²) in [5.74, 6) is 0.327. The number of nitrogens with one attached hydrogen (secondary N) is 2. The lowest BCUT2D eigenvalue weighted by atomic mass is 9.94. The van der Waals surface area contributed by atoms with Gasteiger partial charge in [0.05, 0.1) is 5.52 Å². The van der Waals surface area contributed by atoms with Gasteiger partial charge in [0.25, 0.3) is 0 Å². The van der Waals surface area contributed by atoms with E-state index in [4.69, 9.17) is 10.5 Å². The molecule has 0 fully saturated rings. The van der Waals surface area contributed by atoms with E-state index in [0.29, 0.717) is 12.1 Å². The van der Waals surface area contributed by atoms with Gasteiger partial charge < -0.3 is 25.9 Å². The van der Waals surface area contributed by atoms with Crippen LogP contribution < -0.4 is 15.8 Å². The van der Waals surface area contributed by atoms with Gasteiger partial charge in [0.2, 0.25) is 5.91 Å². The minimum absolute atomic E-state index is 0.189. The summed E-state index contributed by atoms with van der Waals surface area (Å²) in [5, 5.41) is 16.1. The standard InChI is InChI=1S/C26H29N3O3/c1-26(2,14-17-10-12-18(13-11-17)25(27)31)28-15-19(30)16-32-23-9-5-8-22-24(23)20-6-3-4-7-21(20)29-22/h3-13,19,28-30H,14-16H2,1-2H3,(H2,27,31). The largest absolute Gasteiger partial charge is 0.490 e. The molecule has 0 saturated carbocycles. The lowest BCUT2D eigenvalue weighted by Gasteiger charge is -2.28. The van der Waals surface area contributed by atoms with Crippen LogP contribution in [-0.2, 0) is 6.42 Å². The number of aromatic nitrogens is 1. The summed E-state index contributed by atoms with van der Waals surface area (Å²) >= 11 is 0. The molecule has 1 unspecified atom stereocenters. The van der Waals surface area contributed by atoms with E-state index in [1.54, 1.807) is 12.1 Å². The highest BCUT2D eigenvalue weighted by Gasteiger charge is 2.20. The molecular weight excluding hydrogens is 402 g/mol. The van der Waals surface area contributed by atoms with Crippen molar-refractivity contribution in [1.29, 1.82) is 0 Å². The van der Waals surface area contributed by atoms with Crippen LogP contribution in [0.5, 0.6) is 5.75 Å². The smallest absolute Gasteiger partial charge is 0.248 e. The number of nitrogens with two attached hydrogens (primary N) is 1. The van der Waals surface area contributed by atoms with Gasteiger partial charge in [0.1, 0.15) is 18.5 Å². The maximum atomic E-state index is 11.2. The van der Waals surface area contributed by atoms with Crippen molar-refractivity contribution in [3.63, 3.8) is 0 Å². The molecule has 166 valence electrons. The third kappa shape index (κ3) is 4.93. The molecule has 6 heteroatoms. The number of carbonyl (C=O) groups is 1. The molecule has 0 aliphatic rings. The van der Waals surface area contributed by atoms with E-state index >= 15 is 0 Å². The Morgan fingerprint density at radius 3 is 2.53 bits per heavy atom. The fourth-order valence-corrected chi connectivity index (χ4v) is 3.99. The number of hydrogen-bond donors (Lipinski definition) is 4. The van der Waals surface area contributed by atoms with Gasteiger partial charge in [-0.3, -0.25) is 4.79 Å². The summed E-state index contributed by atoms with van der Waals surface area (Å²) in [6, 6.07) is 21.3. The van der Waals surface area contributed by atoms with E-state index in [1.165, 1.54) is 0 Å². The van der Waals surface area contributed by atoms with Crippen molar-refractivity contribution < 1.29 is 14.6 Å². The number of aliphatic hydroxyl groups excluding tert-OH is 1. The van der Waals surface area contributed by atoms with Crippen molar-refractivity contribution in [1.82, 2.24) is 10.3 Å². The van der Waals surface area contributed by atoms with Crippen molar-refractivity contribution in [3.8, 4) is 5.75 Å². The summed E-state index contributed by atoms with van der Waals surface area (Å²) in [5.41, 5.74) is 8.72. The second kappa shape index (κ2) is 9.02. The number of aliphatic hydroxyl groups is 1. The van der Waals surface area contributed by atoms with Crippen molar-refractivity contribution in [3.05, 3.63) is 77.9 Å². The zero-order chi connectivity index (χ0) is 22.7. The van der Waals surface area contributed by atoms with E-state index in [-0.39, 0.29) is 12.1 Å². The monoisotopic (exact) mass is 431 g/mol. The van der Waals surface area contributed by atoms with Crippen LogP contribution in [0.15, 0.2) is 66.7 Å². The Hall–Kier alpha value is -3.35. The second-order valence-corrected chi connectivity index (χ2v) is 8.82. The molecule has 1 heterocycles. The third-order valence-corrected chi connectivity index (χ3v) is 5.62. The molecule has 4 rings (SSSR count). The highest BCUT2D eigenvalue weighted by atomic mass is 16.5. The Morgan fingerprint density at radius 2 is 1.78 bits per heavy atom. The van der Waals surface area contributed by atoms with E-state index in [9.17, 15) is 9.90 Å². The van der Waals surface area contributed by atoms with E-state index in [2.05, 4.69) is 30.2 Å². The Labute approximate surface area is 187 Å². The summed E-state index contributed by atoms with van der Waals surface area (Å²) in [4.78, 5) is 14.6. The molecule has 0 aliphatic heterocycles. The van der Waals surface area contributed by atoms with Crippen LogP contribution in [0.1, 0.15) is 29.8 Å². The highest BCUT2D eigenvalue weighted by molar-refractivity contribution is 6.10. The maximum Gasteiger partial charge on any atom is 0.248 e. The van der Waals surface area contributed by atoms with Crippen molar-refractivity contribution in [2.45, 2.75) is 31.9 Å². The first kappa shape index (κ1) is 21.9. The lowest BCUT2D eigenvalue weighted by molar-refractivity contribution is 0.0994. The van der Waals surface area contributed by atoms with Gasteiger partial charge in [0, 0.05) is 33.9 Å². The van der Waals surface area contributed by atoms with E-state index < -0.39 is 12.0 Å². The highest BCUT2D eigenvalue weighted by Crippen LogP contribution is 2.33. The molecule has 0 saturated heterocycles. The topological polar surface area (TPSA) is 100 Å². The fourth-order valence-electron chi connectivity index (χ4n) is 3.99.